The van der Waals surface area contributed by atoms with Crippen LogP contribution < -0.4 is 0 Å². The van der Waals surface area contributed by atoms with Gasteiger partial charge in [0, 0.05) is 10.7 Å². The molecule has 0 aliphatic heterocycles. The molecule has 176 valence electrons. The summed E-state index contributed by atoms with van der Waals surface area (Å²) < 4.78 is 159. The summed E-state index contributed by atoms with van der Waals surface area (Å²) in [5.41, 5.74) is -7.83. The first kappa shape index (κ1) is 25.8. The van der Waals surface area contributed by atoms with Crippen molar-refractivity contribution in [1.29, 1.82) is 0 Å². The summed E-state index contributed by atoms with van der Waals surface area (Å²) >= 11 is 0. The van der Waals surface area contributed by atoms with Crippen LogP contribution in [0, 0.1) is 5.41 Å². The minimum Gasteiger partial charge on any atom is -0.170 e. The second-order valence-electron chi connectivity index (χ2n) is 7.84. The molecule has 3 unspecified atom stereocenters. The van der Waals surface area contributed by atoms with Crippen molar-refractivity contribution in [2.75, 3.05) is 0 Å². The first-order valence-corrected chi connectivity index (χ1v) is 9.49. The van der Waals surface area contributed by atoms with Crippen LogP contribution in [0.5, 0.6) is 0 Å². The van der Waals surface area contributed by atoms with E-state index in [2.05, 4.69) is 0 Å². The molecule has 0 nitrogen and oxygen atoms in total. The topological polar surface area (TPSA) is 0 Å². The molecule has 0 saturated carbocycles. The van der Waals surface area contributed by atoms with Gasteiger partial charge in [-0.15, -0.1) is 0 Å². The van der Waals surface area contributed by atoms with Crippen LogP contribution >= 0.6 is 8.58 Å². The van der Waals surface area contributed by atoms with E-state index in [-0.39, 0.29) is 12.2 Å². The zero-order valence-corrected chi connectivity index (χ0v) is 16.8. The van der Waals surface area contributed by atoms with E-state index in [4.69, 9.17) is 0 Å². The number of allylic oxidation sites excluding steroid dienone is 8. The third kappa shape index (κ3) is 5.87. The van der Waals surface area contributed by atoms with Crippen molar-refractivity contribution >= 4 is 8.58 Å². The summed E-state index contributed by atoms with van der Waals surface area (Å²) in [5, 5.41) is -2.49. The van der Waals surface area contributed by atoms with Crippen LogP contribution in [0.4, 0.5) is 52.7 Å². The fraction of sp³-hybridized carbons (Fsp3) is 0.556. The average molecular weight is 490 g/mol. The monoisotopic (exact) mass is 490 g/mol. The molecule has 0 radical (unpaired) electrons. The van der Waals surface area contributed by atoms with Gasteiger partial charge in [-0.1, -0.05) is 27.7 Å². The van der Waals surface area contributed by atoms with Crippen molar-refractivity contribution < 1.29 is 52.7 Å². The lowest BCUT2D eigenvalue weighted by atomic mass is 9.80. The Morgan fingerprint density at radius 1 is 0.677 bits per heavy atom. The predicted molar refractivity (Wildman–Crippen MR) is 90.6 cm³/mol. The lowest BCUT2D eigenvalue weighted by Crippen LogP contribution is -2.37. The Labute approximate surface area is 170 Å². The summed E-state index contributed by atoms with van der Waals surface area (Å²) in [6.07, 6.45) is -21.9. The first-order valence-electron chi connectivity index (χ1n) is 8.49. The highest BCUT2D eigenvalue weighted by Crippen LogP contribution is 2.58. The van der Waals surface area contributed by atoms with Crippen LogP contribution in [0.15, 0.2) is 46.3 Å². The Balaban J connectivity index is 2.52. The maximum Gasteiger partial charge on any atom is 0.416 e. The van der Waals surface area contributed by atoms with Gasteiger partial charge in [0.25, 0.3) is 0 Å². The number of rotatable bonds is 2. The minimum atomic E-state index is -5.18. The zero-order chi connectivity index (χ0) is 24.3. The van der Waals surface area contributed by atoms with Gasteiger partial charge in [-0.2, -0.15) is 52.7 Å². The van der Waals surface area contributed by atoms with E-state index in [0.717, 1.165) is 6.92 Å². The number of hydrogen-bond donors (Lipinski definition) is 0. The van der Waals surface area contributed by atoms with Gasteiger partial charge in [0.1, 0.15) is 0 Å². The average Bonchev–Trinajstić information content (AvgIpc) is 2.49. The van der Waals surface area contributed by atoms with Crippen LogP contribution in [0.2, 0.25) is 0 Å². The summed E-state index contributed by atoms with van der Waals surface area (Å²) in [6, 6.07) is 0. The predicted octanol–water partition coefficient (Wildman–Crippen LogP) is 8.15. The molecule has 2 aliphatic rings. The maximum atomic E-state index is 13.4. The van der Waals surface area contributed by atoms with E-state index in [1.54, 1.807) is 0 Å². The SMILES string of the molecule is CC1(PC2=CC(C(F)(F)F)=CC(C)(C(F)(F)F)C2)C=C(C(F)(F)F)C=C(C(F)(F)F)C1. The normalized spacial score (nSPS) is 29.0. The number of halogens is 12. The molecule has 0 heterocycles. The third-order valence-corrected chi connectivity index (χ3v) is 6.37. The van der Waals surface area contributed by atoms with Crippen LogP contribution in [0.25, 0.3) is 0 Å². The minimum absolute atomic E-state index is 0.0117. The van der Waals surface area contributed by atoms with Crippen molar-refractivity contribution in [1.82, 2.24) is 0 Å². The van der Waals surface area contributed by atoms with Gasteiger partial charge in [0.2, 0.25) is 0 Å². The van der Waals surface area contributed by atoms with Gasteiger partial charge in [-0.25, -0.2) is 0 Å². The van der Waals surface area contributed by atoms with Gasteiger partial charge >= 0.3 is 24.7 Å². The van der Waals surface area contributed by atoms with Crippen LogP contribution in [-0.4, -0.2) is 29.9 Å². The zero-order valence-electron chi connectivity index (χ0n) is 15.8. The van der Waals surface area contributed by atoms with E-state index in [1.165, 1.54) is 0 Å². The lowest BCUT2D eigenvalue weighted by Gasteiger charge is -2.38. The molecule has 0 N–H and O–H groups in total. The first-order chi connectivity index (χ1) is 13.6. The van der Waals surface area contributed by atoms with Crippen LogP contribution in [0.1, 0.15) is 26.7 Å². The Morgan fingerprint density at radius 2 is 1.16 bits per heavy atom. The van der Waals surface area contributed by atoms with E-state index < -0.39 is 78.7 Å². The van der Waals surface area contributed by atoms with Crippen LogP contribution in [-0.2, 0) is 0 Å². The molecule has 3 atom stereocenters. The molecule has 0 bridgehead atoms. The molecule has 0 aromatic carbocycles. The summed E-state index contributed by atoms with van der Waals surface area (Å²) in [7, 11) is -1.17. The van der Waals surface area contributed by atoms with Crippen molar-refractivity contribution in [3.8, 4) is 0 Å². The Kier molecular flexibility index (Phi) is 6.29. The van der Waals surface area contributed by atoms with Gasteiger partial charge in [-0.3, -0.25) is 0 Å². The standard InChI is InChI=1S/C18H15F12P/c1-13(18(28,29)30)5-11(17(25,26)27)4-12(8-13)31-14(2)6-9(15(19,20)21)3-10(7-14)16(22,23)24/h3-6,31H,7-8H2,1-2H3. The Hall–Kier alpha value is -1.45. The third-order valence-electron chi connectivity index (χ3n) is 4.84. The Morgan fingerprint density at radius 3 is 1.58 bits per heavy atom. The van der Waals surface area contributed by atoms with Crippen LogP contribution in [0.3, 0.4) is 0 Å². The molecule has 2 aliphatic carbocycles. The highest BCUT2D eigenvalue weighted by molar-refractivity contribution is 7.45. The lowest BCUT2D eigenvalue weighted by molar-refractivity contribution is -0.200. The fourth-order valence-electron chi connectivity index (χ4n) is 3.36. The molecule has 2 rings (SSSR count). The van der Waals surface area contributed by atoms with E-state index >= 15 is 0 Å². The second kappa shape index (κ2) is 7.56. The molecule has 0 fully saturated rings. The maximum absolute atomic E-state index is 13.4. The van der Waals surface area contributed by atoms with Crippen molar-refractivity contribution in [3.05, 3.63) is 46.3 Å². The molecular weight excluding hydrogens is 475 g/mol. The molecule has 0 aromatic rings. The van der Waals surface area contributed by atoms with Gasteiger partial charge in [-0.05, 0) is 37.2 Å². The number of hydrogen-bond acceptors (Lipinski definition) is 0. The second-order valence-corrected chi connectivity index (χ2v) is 9.88. The van der Waals surface area contributed by atoms with E-state index in [1.807, 2.05) is 0 Å². The molecular formula is C18H15F12P. The Bertz CT molecular complexity index is 847. The number of alkyl halides is 12. The molecule has 0 spiro atoms. The van der Waals surface area contributed by atoms with Crippen molar-refractivity contribution in [2.45, 2.75) is 56.6 Å². The van der Waals surface area contributed by atoms with Crippen molar-refractivity contribution in [2.24, 2.45) is 5.41 Å². The van der Waals surface area contributed by atoms with E-state index in [0.29, 0.717) is 19.1 Å². The molecule has 0 amide bonds. The summed E-state index contributed by atoms with van der Waals surface area (Å²) in [6.45, 7) is 1.45. The fourth-order valence-corrected chi connectivity index (χ4v) is 5.28. The molecule has 13 heteroatoms. The quantitative estimate of drug-likeness (QED) is 0.271. The van der Waals surface area contributed by atoms with Crippen molar-refractivity contribution in [3.63, 3.8) is 0 Å². The van der Waals surface area contributed by atoms with Gasteiger partial charge in [0.05, 0.1) is 16.6 Å². The molecule has 31 heavy (non-hydrogen) atoms. The molecule has 0 aromatic heterocycles. The highest BCUT2D eigenvalue weighted by atomic mass is 31.1. The highest BCUT2D eigenvalue weighted by Gasteiger charge is 2.54. The largest absolute Gasteiger partial charge is 0.416 e. The summed E-state index contributed by atoms with van der Waals surface area (Å²) in [4.78, 5) is 0. The van der Waals surface area contributed by atoms with E-state index in [9.17, 15) is 52.7 Å². The smallest absolute Gasteiger partial charge is 0.170 e. The summed E-state index contributed by atoms with van der Waals surface area (Å²) in [5.74, 6) is 0. The van der Waals surface area contributed by atoms with Gasteiger partial charge in [0.15, 0.2) is 0 Å². The molecule has 0 saturated heterocycles. The van der Waals surface area contributed by atoms with Gasteiger partial charge < -0.3 is 0 Å².